The van der Waals surface area contributed by atoms with E-state index >= 15 is 0 Å². The molecule has 0 aliphatic rings. The van der Waals surface area contributed by atoms with Gasteiger partial charge in [-0.2, -0.15) is 0 Å². The highest BCUT2D eigenvalue weighted by Gasteiger charge is 2.36. The summed E-state index contributed by atoms with van der Waals surface area (Å²) in [5.41, 5.74) is 0.679. The van der Waals surface area contributed by atoms with Crippen molar-refractivity contribution in [2.45, 2.75) is 19.4 Å². The summed E-state index contributed by atoms with van der Waals surface area (Å²) in [5.74, 6) is -0.487. The lowest BCUT2D eigenvalue weighted by molar-refractivity contribution is 0.0526. The van der Waals surface area contributed by atoms with Gasteiger partial charge in [0, 0.05) is 39.6 Å². The SMILES string of the molecule is CCOC(=O)c1cccc(NC(=O)OCCOC(=O)NCCC[Si](OC)(OC)OC)c1. The predicted octanol–water partition coefficient (Wildman–Crippen LogP) is 2.41. The van der Waals surface area contributed by atoms with Crippen molar-refractivity contribution in [3.8, 4) is 0 Å². The van der Waals surface area contributed by atoms with E-state index in [2.05, 4.69) is 10.6 Å². The van der Waals surface area contributed by atoms with Crippen molar-refractivity contribution in [3.63, 3.8) is 0 Å². The van der Waals surface area contributed by atoms with Gasteiger partial charge in [-0.1, -0.05) is 6.07 Å². The predicted molar refractivity (Wildman–Crippen MR) is 113 cm³/mol. The van der Waals surface area contributed by atoms with Gasteiger partial charge < -0.3 is 32.8 Å². The lowest BCUT2D eigenvalue weighted by atomic mass is 10.2. The normalized spacial score (nSPS) is 10.8. The molecule has 0 aromatic heterocycles. The molecule has 0 atom stereocenters. The molecule has 0 saturated heterocycles. The second-order valence-electron chi connectivity index (χ2n) is 6.02. The van der Waals surface area contributed by atoms with E-state index in [1.807, 2.05) is 0 Å². The Morgan fingerprint density at radius 2 is 1.58 bits per heavy atom. The van der Waals surface area contributed by atoms with E-state index < -0.39 is 27.0 Å². The fraction of sp³-hybridized carbons (Fsp3) is 0.526. The largest absolute Gasteiger partial charge is 0.500 e. The number of benzene rings is 1. The Balaban J connectivity index is 2.23. The molecule has 0 radical (unpaired) electrons. The van der Waals surface area contributed by atoms with Crippen LogP contribution in [-0.4, -0.2) is 74.7 Å². The Morgan fingerprint density at radius 3 is 2.19 bits per heavy atom. The van der Waals surface area contributed by atoms with E-state index in [0.29, 0.717) is 30.3 Å². The van der Waals surface area contributed by atoms with Crippen molar-refractivity contribution in [1.82, 2.24) is 5.32 Å². The molecule has 12 heteroatoms. The highest BCUT2D eigenvalue weighted by Crippen LogP contribution is 2.14. The smallest absolute Gasteiger partial charge is 0.462 e. The Bertz CT molecular complexity index is 705. The lowest BCUT2D eigenvalue weighted by Crippen LogP contribution is -2.43. The molecular weight excluding hydrogens is 428 g/mol. The first-order valence-corrected chi connectivity index (χ1v) is 11.6. The van der Waals surface area contributed by atoms with Crippen LogP contribution in [0.4, 0.5) is 15.3 Å². The third kappa shape index (κ3) is 9.78. The summed E-state index contributed by atoms with van der Waals surface area (Å²) in [6, 6.07) is 6.79. The van der Waals surface area contributed by atoms with Crippen LogP contribution in [0.15, 0.2) is 24.3 Å². The molecule has 11 nitrogen and oxygen atoms in total. The number of carbonyl (C=O) groups excluding carboxylic acids is 3. The molecular formula is C19H30N2O9Si. The first-order valence-electron chi connectivity index (χ1n) is 9.66. The van der Waals surface area contributed by atoms with Gasteiger partial charge in [-0.25, -0.2) is 14.4 Å². The first kappa shape index (κ1) is 26.4. The maximum atomic E-state index is 11.8. The number of alkyl carbamates (subject to hydrolysis) is 1. The molecule has 0 unspecified atom stereocenters. The first-order chi connectivity index (χ1) is 14.9. The van der Waals surface area contributed by atoms with E-state index in [0.717, 1.165) is 0 Å². The summed E-state index contributed by atoms with van der Waals surface area (Å²) >= 11 is 0. The second-order valence-corrected chi connectivity index (χ2v) is 9.11. The summed E-state index contributed by atoms with van der Waals surface area (Å²) in [6.45, 7) is 2.05. The van der Waals surface area contributed by atoms with Gasteiger partial charge in [0.05, 0.1) is 12.2 Å². The minimum atomic E-state index is -2.66. The van der Waals surface area contributed by atoms with Gasteiger partial charge in [-0.3, -0.25) is 5.32 Å². The third-order valence-corrected chi connectivity index (χ3v) is 6.86. The van der Waals surface area contributed by atoms with Crippen LogP contribution in [0, 0.1) is 0 Å². The molecule has 0 spiro atoms. The Kier molecular flexibility index (Phi) is 12.2. The summed E-state index contributed by atoms with van der Waals surface area (Å²) in [6.07, 6.45) is -0.795. The zero-order chi connectivity index (χ0) is 23.1. The van der Waals surface area contributed by atoms with Gasteiger partial charge in [0.25, 0.3) is 0 Å². The summed E-state index contributed by atoms with van der Waals surface area (Å²) < 4.78 is 30.7. The minimum Gasteiger partial charge on any atom is -0.462 e. The molecule has 1 aromatic rings. The molecule has 0 bridgehead atoms. The number of hydrogen-bond donors (Lipinski definition) is 2. The average molecular weight is 459 g/mol. The summed E-state index contributed by atoms with van der Waals surface area (Å²) in [5, 5.41) is 5.06. The minimum absolute atomic E-state index is 0.116. The molecule has 0 aliphatic heterocycles. The number of carbonyl (C=O) groups is 3. The van der Waals surface area contributed by atoms with Gasteiger partial charge >= 0.3 is 27.0 Å². The summed E-state index contributed by atoms with van der Waals surface area (Å²) in [7, 11) is 1.90. The van der Waals surface area contributed by atoms with Crippen molar-refractivity contribution in [2.24, 2.45) is 0 Å². The monoisotopic (exact) mass is 458 g/mol. The van der Waals surface area contributed by atoms with Gasteiger partial charge in [0.1, 0.15) is 13.2 Å². The van der Waals surface area contributed by atoms with Crippen LogP contribution in [0.2, 0.25) is 6.04 Å². The zero-order valence-corrected chi connectivity index (χ0v) is 19.2. The Labute approximate surface area is 182 Å². The number of ether oxygens (including phenoxy) is 3. The zero-order valence-electron chi connectivity index (χ0n) is 18.2. The molecule has 0 aliphatic carbocycles. The molecule has 0 saturated carbocycles. The van der Waals surface area contributed by atoms with Crippen molar-refractivity contribution in [3.05, 3.63) is 29.8 Å². The molecule has 0 fully saturated rings. The van der Waals surface area contributed by atoms with Crippen LogP contribution in [0.25, 0.3) is 0 Å². The van der Waals surface area contributed by atoms with Gasteiger partial charge in [0.15, 0.2) is 0 Å². The quantitative estimate of drug-likeness (QED) is 0.198. The van der Waals surface area contributed by atoms with E-state index in [-0.39, 0.29) is 19.8 Å². The lowest BCUT2D eigenvalue weighted by Gasteiger charge is -2.24. The van der Waals surface area contributed by atoms with Gasteiger partial charge in [0.2, 0.25) is 0 Å². The van der Waals surface area contributed by atoms with Crippen molar-refractivity contribution in [1.29, 1.82) is 0 Å². The van der Waals surface area contributed by atoms with Crippen LogP contribution in [-0.2, 0) is 27.5 Å². The van der Waals surface area contributed by atoms with E-state index in [1.54, 1.807) is 25.1 Å². The molecule has 1 aromatic carbocycles. The van der Waals surface area contributed by atoms with Crippen LogP contribution < -0.4 is 10.6 Å². The fourth-order valence-corrected chi connectivity index (χ4v) is 4.19. The van der Waals surface area contributed by atoms with Crippen molar-refractivity contribution in [2.75, 3.05) is 53.0 Å². The molecule has 2 amide bonds. The Hall–Kier alpha value is -2.67. The average Bonchev–Trinajstić information content (AvgIpc) is 2.78. The molecule has 2 N–H and O–H groups in total. The standard InChI is InChI=1S/C19H30N2O9Si/c1-5-28-17(22)15-8-6-9-16(14-15)21-19(24)30-12-11-29-18(23)20-10-7-13-31(25-2,26-3)27-4/h6,8-9,14H,5,7,10-13H2,1-4H3,(H,20,23)(H,21,24). The number of anilines is 1. The number of nitrogens with one attached hydrogen (secondary N) is 2. The van der Waals surface area contributed by atoms with Crippen molar-refractivity contribution >= 4 is 32.6 Å². The van der Waals surface area contributed by atoms with E-state index in [9.17, 15) is 14.4 Å². The molecule has 0 heterocycles. The maximum absolute atomic E-state index is 11.8. The molecule has 1 rings (SSSR count). The number of hydrogen-bond acceptors (Lipinski definition) is 9. The second kappa shape index (κ2) is 14.4. The van der Waals surface area contributed by atoms with Gasteiger partial charge in [-0.15, -0.1) is 0 Å². The maximum Gasteiger partial charge on any atom is 0.500 e. The number of esters is 1. The molecule has 174 valence electrons. The topological polar surface area (TPSA) is 131 Å². The fourth-order valence-electron chi connectivity index (χ4n) is 2.46. The molecule has 31 heavy (non-hydrogen) atoms. The van der Waals surface area contributed by atoms with Crippen LogP contribution in [0.5, 0.6) is 0 Å². The van der Waals surface area contributed by atoms with Gasteiger partial charge in [-0.05, 0) is 31.5 Å². The van der Waals surface area contributed by atoms with Crippen LogP contribution in [0.3, 0.4) is 0 Å². The van der Waals surface area contributed by atoms with Crippen LogP contribution >= 0.6 is 0 Å². The number of rotatable bonds is 13. The van der Waals surface area contributed by atoms with Crippen molar-refractivity contribution < 1.29 is 41.9 Å². The summed E-state index contributed by atoms with van der Waals surface area (Å²) in [4.78, 5) is 35.2. The van der Waals surface area contributed by atoms with Crippen LogP contribution in [0.1, 0.15) is 23.7 Å². The highest BCUT2D eigenvalue weighted by atomic mass is 28.4. The highest BCUT2D eigenvalue weighted by molar-refractivity contribution is 6.60. The number of amides is 2. The van der Waals surface area contributed by atoms with E-state index in [4.69, 9.17) is 27.5 Å². The van der Waals surface area contributed by atoms with E-state index in [1.165, 1.54) is 27.4 Å². The Morgan fingerprint density at radius 1 is 0.935 bits per heavy atom. The third-order valence-electron chi connectivity index (χ3n) is 4.03.